The van der Waals surface area contributed by atoms with Crippen molar-refractivity contribution < 1.29 is 0 Å². The summed E-state index contributed by atoms with van der Waals surface area (Å²) in [5, 5.41) is 15.4. The Kier molecular flexibility index (Phi) is 5.99. The average Bonchev–Trinajstić information content (AvgIpc) is 3.61. The maximum atomic E-state index is 4.92. The third-order valence-electron chi connectivity index (χ3n) is 8.56. The van der Waals surface area contributed by atoms with Crippen molar-refractivity contribution in [3.05, 3.63) is 138 Å². The van der Waals surface area contributed by atoms with Crippen molar-refractivity contribution in [1.29, 1.82) is 0 Å². The summed E-state index contributed by atoms with van der Waals surface area (Å²) in [6, 6.07) is 41.2. The van der Waals surface area contributed by atoms with Gasteiger partial charge in [0.15, 0.2) is 0 Å². The second kappa shape index (κ2) is 10.0. The molecule has 0 saturated heterocycles. The van der Waals surface area contributed by atoms with Crippen LogP contribution in [0.15, 0.2) is 115 Å². The van der Waals surface area contributed by atoms with Gasteiger partial charge in [0, 0.05) is 0 Å². The van der Waals surface area contributed by atoms with E-state index in [1.165, 1.54) is 64.2 Å². The van der Waals surface area contributed by atoms with Gasteiger partial charge in [0.1, 0.15) is 0 Å². The monoisotopic (exact) mass is 605 g/mol. The normalized spacial score (nSPS) is 12.0. The molecule has 42 heavy (non-hydrogen) atoms. The molecule has 0 bridgehead atoms. The van der Waals surface area contributed by atoms with Crippen LogP contribution in [-0.2, 0) is 6.42 Å². The number of nitrogens with zero attached hydrogens (tertiary/aromatic N) is 3. The first kappa shape index (κ1) is 25.1. The van der Waals surface area contributed by atoms with Crippen LogP contribution in [0, 0.1) is 13.8 Å². The van der Waals surface area contributed by atoms with Crippen LogP contribution >= 0.6 is 0 Å². The maximum absolute atomic E-state index is 4.92. The van der Waals surface area contributed by atoms with Crippen LogP contribution in [0.2, 0.25) is 0 Å². The first-order valence-electron chi connectivity index (χ1n) is 14.3. The molecule has 0 atom stereocenters. The van der Waals surface area contributed by atoms with E-state index in [1.807, 2.05) is 0 Å². The van der Waals surface area contributed by atoms with E-state index in [9.17, 15) is 0 Å². The molecule has 4 heteroatoms. The molecule has 200 valence electrons. The zero-order chi connectivity index (χ0) is 28.2. The van der Waals surface area contributed by atoms with Crippen molar-refractivity contribution in [2.24, 2.45) is 0 Å². The quantitative estimate of drug-likeness (QED) is 0.188. The molecular weight excluding hydrogens is 577 g/mol. The zero-order valence-electron chi connectivity index (χ0n) is 23.4. The molecule has 0 amide bonds. The number of aromatic nitrogens is 3. The second-order valence-electron chi connectivity index (χ2n) is 10.9. The summed E-state index contributed by atoms with van der Waals surface area (Å²) in [5.41, 5.74) is 15.7. The van der Waals surface area contributed by atoms with Gasteiger partial charge in [-0.05, 0) is 0 Å². The molecule has 3 nitrogen and oxygen atoms in total. The van der Waals surface area contributed by atoms with E-state index in [4.69, 9.17) is 10.2 Å². The fourth-order valence-corrected chi connectivity index (χ4v) is 9.03. The van der Waals surface area contributed by atoms with Gasteiger partial charge in [-0.1, -0.05) is 0 Å². The molecule has 0 saturated carbocycles. The molecular formula is C38H27N3Se. The number of hydrogen-bond acceptors (Lipinski definition) is 3. The van der Waals surface area contributed by atoms with Gasteiger partial charge in [0.05, 0.1) is 0 Å². The number of rotatable bonds is 4. The Morgan fingerprint density at radius 2 is 1.26 bits per heavy atom. The second-order valence-corrected chi connectivity index (χ2v) is 13.2. The Morgan fingerprint density at radius 3 is 2.07 bits per heavy atom. The van der Waals surface area contributed by atoms with Gasteiger partial charge in [-0.15, -0.1) is 0 Å². The van der Waals surface area contributed by atoms with Gasteiger partial charge < -0.3 is 0 Å². The Labute approximate surface area is 251 Å². The van der Waals surface area contributed by atoms with Crippen LogP contribution in [-0.4, -0.2) is 29.9 Å². The first-order valence-corrected chi connectivity index (χ1v) is 16.0. The van der Waals surface area contributed by atoms with Crippen molar-refractivity contribution in [1.82, 2.24) is 15.4 Å². The van der Waals surface area contributed by atoms with Crippen molar-refractivity contribution in [3.63, 3.8) is 0 Å². The first-order chi connectivity index (χ1) is 20.7. The predicted octanol–water partition coefficient (Wildman–Crippen LogP) is 8.94. The fourth-order valence-electron chi connectivity index (χ4n) is 6.48. The van der Waals surface area contributed by atoms with Crippen LogP contribution < -0.4 is 0 Å². The molecule has 0 unspecified atom stereocenters. The van der Waals surface area contributed by atoms with Gasteiger partial charge in [-0.2, -0.15) is 0 Å². The standard InChI is InChI=1S/C38H27N3Se/c1-23-21-30-28-18-10-9-17-27(28)22-31(30)33(24(23)2)35-36(26-15-7-4-8-16-26)39-41-40-37(35)38-34(25-13-5-3-6-14-25)29-19-11-12-20-32(29)42-38/h3-21H,22H2,1-2H3. The minimum absolute atomic E-state index is 0.0599. The summed E-state index contributed by atoms with van der Waals surface area (Å²) in [5.74, 6) is 0. The molecule has 0 fully saturated rings. The summed E-state index contributed by atoms with van der Waals surface area (Å²) < 4.78 is 2.64. The van der Waals surface area contributed by atoms with Crippen LogP contribution in [0.3, 0.4) is 0 Å². The molecule has 1 aliphatic carbocycles. The van der Waals surface area contributed by atoms with E-state index in [0.29, 0.717) is 0 Å². The van der Waals surface area contributed by atoms with Crippen molar-refractivity contribution in [2.45, 2.75) is 20.3 Å². The van der Waals surface area contributed by atoms with Crippen molar-refractivity contribution in [2.75, 3.05) is 0 Å². The fraction of sp³-hybridized carbons (Fsp3) is 0.0789. The van der Waals surface area contributed by atoms with Gasteiger partial charge in [0.25, 0.3) is 0 Å². The number of fused-ring (bicyclic) bond motifs is 4. The number of aryl methyl sites for hydroxylation is 1. The molecule has 5 aromatic carbocycles. The Bertz CT molecular complexity index is 2130. The van der Waals surface area contributed by atoms with Crippen LogP contribution in [0.5, 0.6) is 0 Å². The van der Waals surface area contributed by atoms with Gasteiger partial charge in [0.2, 0.25) is 0 Å². The number of benzene rings is 5. The van der Waals surface area contributed by atoms with Crippen molar-refractivity contribution in [3.8, 4) is 54.8 Å². The van der Waals surface area contributed by atoms with E-state index >= 15 is 0 Å². The van der Waals surface area contributed by atoms with Crippen LogP contribution in [0.25, 0.3) is 64.4 Å². The summed E-state index contributed by atoms with van der Waals surface area (Å²) >= 11 is 0.0599. The molecule has 2 heterocycles. The van der Waals surface area contributed by atoms with Gasteiger partial charge >= 0.3 is 252 Å². The van der Waals surface area contributed by atoms with Crippen molar-refractivity contribution >= 4 is 24.1 Å². The predicted molar refractivity (Wildman–Crippen MR) is 174 cm³/mol. The zero-order valence-corrected chi connectivity index (χ0v) is 25.1. The average molecular weight is 605 g/mol. The molecule has 0 radical (unpaired) electrons. The van der Waals surface area contributed by atoms with E-state index in [-0.39, 0.29) is 14.5 Å². The van der Waals surface area contributed by atoms with Crippen LogP contribution in [0.1, 0.15) is 22.3 Å². The van der Waals surface area contributed by atoms with Crippen LogP contribution in [0.4, 0.5) is 0 Å². The summed E-state index contributed by atoms with van der Waals surface area (Å²) in [7, 11) is 0. The Balaban J connectivity index is 1.51. The van der Waals surface area contributed by atoms with Gasteiger partial charge in [-0.3, -0.25) is 0 Å². The Morgan fingerprint density at radius 1 is 0.595 bits per heavy atom. The SMILES string of the molecule is Cc1cc2c(c(-c3c(-c4ccccc4)nnnc3-c3[se]c4ccccc4c3-c3ccccc3)c1C)Cc1ccccc1-2. The van der Waals surface area contributed by atoms with E-state index in [0.717, 1.165) is 28.9 Å². The van der Waals surface area contributed by atoms with Gasteiger partial charge in [-0.25, -0.2) is 0 Å². The molecule has 0 aliphatic heterocycles. The summed E-state index contributed by atoms with van der Waals surface area (Å²) in [6.07, 6.45) is 0.897. The van der Waals surface area contributed by atoms with E-state index in [2.05, 4.69) is 134 Å². The third kappa shape index (κ3) is 3.91. The summed E-state index contributed by atoms with van der Waals surface area (Å²) in [6.45, 7) is 4.49. The molecule has 0 N–H and O–H groups in total. The topological polar surface area (TPSA) is 38.7 Å². The third-order valence-corrected chi connectivity index (χ3v) is 11.0. The molecule has 2 aromatic heterocycles. The number of hydrogen-bond donors (Lipinski definition) is 0. The summed E-state index contributed by atoms with van der Waals surface area (Å²) in [4.78, 5) is 0. The Hall–Kier alpha value is -4.63. The van der Waals surface area contributed by atoms with E-state index < -0.39 is 0 Å². The molecule has 7 aromatic rings. The molecule has 0 spiro atoms. The molecule has 8 rings (SSSR count). The minimum atomic E-state index is 0.0599. The molecule has 1 aliphatic rings. The van der Waals surface area contributed by atoms with E-state index in [1.54, 1.807) is 0 Å².